The van der Waals surface area contributed by atoms with E-state index in [0.29, 0.717) is 6.42 Å². The molecule has 0 aliphatic carbocycles. The van der Waals surface area contributed by atoms with Gasteiger partial charge in [-0.25, -0.2) is 0 Å². The summed E-state index contributed by atoms with van der Waals surface area (Å²) >= 11 is 0. The van der Waals surface area contributed by atoms with E-state index in [9.17, 15) is 0 Å². The van der Waals surface area contributed by atoms with Crippen molar-refractivity contribution in [2.45, 2.75) is 19.4 Å². The summed E-state index contributed by atoms with van der Waals surface area (Å²) in [4.78, 5) is 4.57. The first-order chi connectivity index (χ1) is 12.2. The molecule has 0 bridgehead atoms. The average molecular weight is 366 g/mol. The number of nitrogens with two attached hydrogens (primary N) is 1. The smallest absolute Gasteiger partial charge is 0.167 e. The summed E-state index contributed by atoms with van der Waals surface area (Å²) in [5.74, 6) is 0. The lowest BCUT2D eigenvalue weighted by atomic mass is 9.94. The van der Waals surface area contributed by atoms with Crippen LogP contribution < -0.4 is 5.73 Å². The number of nitrogens with zero attached hydrogens (tertiary/aromatic N) is 2. The van der Waals surface area contributed by atoms with Gasteiger partial charge in [0.1, 0.15) is 5.69 Å². The van der Waals surface area contributed by atoms with Gasteiger partial charge in [-0.15, -0.1) is 12.4 Å². The lowest BCUT2D eigenvalue weighted by Crippen LogP contribution is -2.15. The van der Waals surface area contributed by atoms with E-state index in [1.54, 1.807) is 0 Å². The predicted octanol–water partition coefficient (Wildman–Crippen LogP) is 4.86. The van der Waals surface area contributed by atoms with Gasteiger partial charge in [-0.05, 0) is 36.8 Å². The molecule has 4 nitrogen and oxygen atoms in total. The van der Waals surface area contributed by atoms with Crippen LogP contribution in [0.1, 0.15) is 23.0 Å². The lowest BCUT2D eigenvalue weighted by Gasteiger charge is -2.15. The molecule has 0 radical (unpaired) electrons. The zero-order chi connectivity index (χ0) is 17.2. The molecule has 4 rings (SSSR count). The molecule has 2 aromatic heterocycles. The fourth-order valence-electron chi connectivity index (χ4n) is 3.16. The Labute approximate surface area is 158 Å². The first kappa shape index (κ1) is 18.1. The molecule has 0 aliphatic heterocycles. The van der Waals surface area contributed by atoms with E-state index in [1.165, 1.54) is 0 Å². The Bertz CT molecular complexity index is 1030. The lowest BCUT2D eigenvalue weighted by molar-refractivity contribution is 0.459. The van der Waals surface area contributed by atoms with Crippen LogP contribution in [0.25, 0.3) is 22.2 Å². The van der Waals surface area contributed by atoms with Crippen molar-refractivity contribution in [3.05, 3.63) is 83.7 Å². The molecule has 0 spiro atoms. The van der Waals surface area contributed by atoms with Crippen LogP contribution >= 0.6 is 12.4 Å². The van der Waals surface area contributed by atoms with Gasteiger partial charge in [-0.3, -0.25) is 4.98 Å². The normalized spacial score (nSPS) is 11.9. The Hall–Kier alpha value is -2.69. The van der Waals surface area contributed by atoms with Crippen LogP contribution in [0.3, 0.4) is 0 Å². The molecule has 0 saturated heterocycles. The van der Waals surface area contributed by atoms with Gasteiger partial charge >= 0.3 is 0 Å². The highest BCUT2D eigenvalue weighted by atomic mass is 35.5. The number of hydrogen-bond acceptors (Lipinski definition) is 4. The standard InChI is InChI=1S/C21H19N3O.ClH/c1-14-7-6-8-15(23-14)13-19(22)16-9-2-3-10-17(16)21-18-11-4-5-12-20(18)25-24-21;/h2-12,19H,13,22H2,1H3;1H. The van der Waals surface area contributed by atoms with Gasteiger partial charge in [-0.2, -0.15) is 0 Å². The van der Waals surface area contributed by atoms with Crippen LogP contribution in [0.15, 0.2) is 71.3 Å². The maximum atomic E-state index is 6.53. The zero-order valence-corrected chi connectivity index (χ0v) is 15.2. The molecule has 0 amide bonds. The van der Waals surface area contributed by atoms with Gasteiger partial charge < -0.3 is 10.3 Å². The quantitative estimate of drug-likeness (QED) is 0.560. The van der Waals surface area contributed by atoms with Gasteiger partial charge in [-0.1, -0.05) is 47.6 Å². The van der Waals surface area contributed by atoms with Crippen molar-refractivity contribution in [1.82, 2.24) is 10.1 Å². The molecule has 132 valence electrons. The SMILES string of the molecule is Cc1cccc(CC(N)c2ccccc2-c2noc3ccccc23)n1.Cl. The van der Waals surface area contributed by atoms with E-state index < -0.39 is 0 Å². The first-order valence-corrected chi connectivity index (χ1v) is 8.34. The number of rotatable bonds is 4. The van der Waals surface area contributed by atoms with Gasteiger partial charge in [0.15, 0.2) is 5.58 Å². The van der Waals surface area contributed by atoms with Crippen LogP contribution in [0.2, 0.25) is 0 Å². The van der Waals surface area contributed by atoms with Crippen molar-refractivity contribution >= 4 is 23.4 Å². The summed E-state index contributed by atoms with van der Waals surface area (Å²) in [7, 11) is 0. The maximum absolute atomic E-state index is 6.53. The molecule has 0 fully saturated rings. The van der Waals surface area contributed by atoms with E-state index >= 15 is 0 Å². The van der Waals surface area contributed by atoms with Crippen molar-refractivity contribution < 1.29 is 4.52 Å². The number of aromatic nitrogens is 2. The highest BCUT2D eigenvalue weighted by Crippen LogP contribution is 2.33. The number of para-hydroxylation sites is 1. The van der Waals surface area contributed by atoms with E-state index in [-0.39, 0.29) is 18.4 Å². The van der Waals surface area contributed by atoms with Crippen molar-refractivity contribution in [1.29, 1.82) is 0 Å². The largest absolute Gasteiger partial charge is 0.356 e. The topological polar surface area (TPSA) is 64.9 Å². The Kier molecular flexibility index (Phi) is 5.35. The van der Waals surface area contributed by atoms with E-state index in [4.69, 9.17) is 10.3 Å². The van der Waals surface area contributed by atoms with Crippen LogP contribution in [-0.2, 0) is 6.42 Å². The minimum absolute atomic E-state index is 0. The molecule has 2 heterocycles. The molecule has 2 N–H and O–H groups in total. The number of hydrogen-bond donors (Lipinski definition) is 1. The number of benzene rings is 2. The van der Waals surface area contributed by atoms with Gasteiger partial charge in [0.25, 0.3) is 0 Å². The van der Waals surface area contributed by atoms with Crippen LogP contribution in [-0.4, -0.2) is 10.1 Å². The molecule has 1 unspecified atom stereocenters. The van der Waals surface area contributed by atoms with Crippen LogP contribution in [0, 0.1) is 6.92 Å². The fourth-order valence-corrected chi connectivity index (χ4v) is 3.16. The monoisotopic (exact) mass is 365 g/mol. The van der Waals surface area contributed by atoms with Crippen LogP contribution in [0.5, 0.6) is 0 Å². The number of aryl methyl sites for hydroxylation is 1. The zero-order valence-electron chi connectivity index (χ0n) is 14.4. The predicted molar refractivity (Wildman–Crippen MR) is 106 cm³/mol. The van der Waals surface area contributed by atoms with E-state index in [0.717, 1.165) is 39.2 Å². The second-order valence-corrected chi connectivity index (χ2v) is 6.20. The second-order valence-electron chi connectivity index (χ2n) is 6.20. The number of halogens is 1. The summed E-state index contributed by atoms with van der Waals surface area (Å²) in [6.07, 6.45) is 0.675. The van der Waals surface area contributed by atoms with Crippen molar-refractivity contribution in [3.63, 3.8) is 0 Å². The van der Waals surface area contributed by atoms with Crippen molar-refractivity contribution in [3.8, 4) is 11.3 Å². The summed E-state index contributed by atoms with van der Waals surface area (Å²) < 4.78 is 5.47. The molecule has 5 heteroatoms. The molecule has 26 heavy (non-hydrogen) atoms. The molecule has 0 aliphatic rings. The van der Waals surface area contributed by atoms with E-state index in [2.05, 4.69) is 16.2 Å². The third kappa shape index (κ3) is 3.47. The summed E-state index contributed by atoms with van der Waals surface area (Å²) in [5, 5.41) is 5.28. The fraction of sp³-hybridized carbons (Fsp3) is 0.143. The second kappa shape index (κ2) is 7.68. The van der Waals surface area contributed by atoms with Crippen molar-refractivity contribution in [2.24, 2.45) is 5.73 Å². The molecule has 1 atom stereocenters. The van der Waals surface area contributed by atoms with Gasteiger partial charge in [0.05, 0.1) is 0 Å². The average Bonchev–Trinajstić information content (AvgIpc) is 3.06. The van der Waals surface area contributed by atoms with Crippen molar-refractivity contribution in [2.75, 3.05) is 0 Å². The Morgan fingerprint density at radius 3 is 2.58 bits per heavy atom. The Morgan fingerprint density at radius 2 is 1.73 bits per heavy atom. The molecular weight excluding hydrogens is 346 g/mol. The number of fused-ring (bicyclic) bond motifs is 1. The number of pyridine rings is 1. The minimum atomic E-state index is -0.166. The molecule has 0 saturated carbocycles. The van der Waals surface area contributed by atoms with Crippen LogP contribution in [0.4, 0.5) is 0 Å². The third-order valence-corrected chi connectivity index (χ3v) is 4.37. The third-order valence-electron chi connectivity index (χ3n) is 4.37. The van der Waals surface area contributed by atoms with E-state index in [1.807, 2.05) is 67.6 Å². The highest BCUT2D eigenvalue weighted by Gasteiger charge is 2.17. The summed E-state index contributed by atoms with van der Waals surface area (Å²) in [6, 6.07) is 21.8. The van der Waals surface area contributed by atoms with Gasteiger partial charge in [0.2, 0.25) is 0 Å². The molecule has 2 aromatic carbocycles. The first-order valence-electron chi connectivity index (χ1n) is 8.34. The highest BCUT2D eigenvalue weighted by molar-refractivity contribution is 5.92. The molecule has 4 aromatic rings. The Morgan fingerprint density at radius 1 is 0.962 bits per heavy atom. The maximum Gasteiger partial charge on any atom is 0.167 e. The molecular formula is C21H20ClN3O. The van der Waals surface area contributed by atoms with Gasteiger partial charge in [0, 0.05) is 34.8 Å². The summed E-state index contributed by atoms with van der Waals surface area (Å²) in [6.45, 7) is 1.99. The minimum Gasteiger partial charge on any atom is -0.356 e. The Balaban J connectivity index is 0.00000196. The summed E-state index contributed by atoms with van der Waals surface area (Å²) in [5.41, 5.74) is 12.2.